The third kappa shape index (κ3) is 7.15. The van der Waals surface area contributed by atoms with E-state index < -0.39 is 11.8 Å². The zero-order valence-electron chi connectivity index (χ0n) is 16.7. The molecule has 0 radical (unpaired) electrons. The highest BCUT2D eigenvalue weighted by Crippen LogP contribution is 2.36. The van der Waals surface area contributed by atoms with E-state index in [1.807, 2.05) is 26.0 Å². The summed E-state index contributed by atoms with van der Waals surface area (Å²) in [6.45, 7) is 4.21. The molecule has 156 valence electrons. The van der Waals surface area contributed by atoms with Crippen LogP contribution in [-0.2, 0) is 9.59 Å². The van der Waals surface area contributed by atoms with Gasteiger partial charge in [-0.05, 0) is 43.7 Å². The standard InChI is InChI=1S/C22H22ClN3O4/c1-4-10-30-22-18(23)11-16(12-19(22)29-5-2)14-24-26-21(28)13-20(27)25-17-8-6-15(3)7-9-17/h1,6-9,11-12,14H,5,10,13H2,2-3H3,(H,25,27)(H,26,28). The minimum Gasteiger partial charge on any atom is -0.490 e. The lowest BCUT2D eigenvalue weighted by Gasteiger charge is -2.12. The summed E-state index contributed by atoms with van der Waals surface area (Å²) in [4.78, 5) is 23.9. The number of rotatable bonds is 9. The van der Waals surface area contributed by atoms with Crippen molar-refractivity contribution in [3.05, 3.63) is 52.5 Å². The Labute approximate surface area is 180 Å². The van der Waals surface area contributed by atoms with Gasteiger partial charge >= 0.3 is 0 Å². The Morgan fingerprint density at radius 3 is 2.60 bits per heavy atom. The smallest absolute Gasteiger partial charge is 0.249 e. The summed E-state index contributed by atoms with van der Waals surface area (Å²) in [7, 11) is 0. The van der Waals surface area contributed by atoms with E-state index in [0.29, 0.717) is 34.4 Å². The second-order valence-corrected chi connectivity index (χ2v) is 6.55. The number of nitrogens with zero attached hydrogens (tertiary/aromatic N) is 1. The van der Waals surface area contributed by atoms with E-state index in [0.717, 1.165) is 5.56 Å². The number of anilines is 1. The van der Waals surface area contributed by atoms with Crippen molar-refractivity contribution >= 4 is 35.3 Å². The number of carbonyl (C=O) groups excluding carboxylic acids is 2. The number of amides is 2. The highest BCUT2D eigenvalue weighted by molar-refractivity contribution is 6.32. The molecule has 0 spiro atoms. The van der Waals surface area contributed by atoms with Gasteiger partial charge < -0.3 is 14.8 Å². The van der Waals surface area contributed by atoms with Crippen molar-refractivity contribution in [2.75, 3.05) is 18.5 Å². The zero-order chi connectivity index (χ0) is 21.9. The molecular formula is C22H22ClN3O4. The molecule has 7 nitrogen and oxygen atoms in total. The molecule has 0 aliphatic rings. The fourth-order valence-electron chi connectivity index (χ4n) is 2.39. The molecule has 0 aliphatic heterocycles. The lowest BCUT2D eigenvalue weighted by molar-refractivity contribution is -0.126. The molecule has 0 fully saturated rings. The number of aryl methyl sites for hydroxylation is 1. The van der Waals surface area contributed by atoms with E-state index in [-0.39, 0.29) is 13.0 Å². The minimum atomic E-state index is -0.555. The predicted octanol–water partition coefficient (Wildman–Crippen LogP) is 3.54. The summed E-state index contributed by atoms with van der Waals surface area (Å²) in [5, 5.41) is 6.80. The quantitative estimate of drug-likeness (QED) is 0.277. The Hall–Kier alpha value is -3.50. The van der Waals surface area contributed by atoms with Crippen LogP contribution in [0.15, 0.2) is 41.5 Å². The molecule has 0 unspecified atom stereocenters. The Kier molecular flexibility index (Phi) is 8.73. The molecule has 2 aromatic rings. The normalized spacial score (nSPS) is 10.3. The van der Waals surface area contributed by atoms with Crippen molar-refractivity contribution in [1.29, 1.82) is 0 Å². The molecule has 30 heavy (non-hydrogen) atoms. The Balaban J connectivity index is 1.95. The molecule has 0 saturated carbocycles. The number of benzene rings is 2. The molecule has 0 saturated heterocycles. The molecule has 2 N–H and O–H groups in total. The Morgan fingerprint density at radius 1 is 1.20 bits per heavy atom. The van der Waals surface area contributed by atoms with Crippen LogP contribution in [0.3, 0.4) is 0 Å². The fraction of sp³-hybridized carbons (Fsp3) is 0.227. The number of halogens is 1. The number of nitrogens with one attached hydrogen (secondary N) is 2. The number of hydrazone groups is 1. The highest BCUT2D eigenvalue weighted by Gasteiger charge is 2.12. The number of terminal acetylenes is 1. The van der Waals surface area contributed by atoms with Gasteiger partial charge in [0.05, 0.1) is 17.8 Å². The molecule has 0 heterocycles. The lowest BCUT2D eigenvalue weighted by atomic mass is 10.2. The first-order chi connectivity index (χ1) is 14.4. The minimum absolute atomic E-state index is 0.0495. The third-order valence-corrected chi connectivity index (χ3v) is 3.97. The number of carbonyl (C=O) groups is 2. The van der Waals surface area contributed by atoms with Gasteiger partial charge in [0.15, 0.2) is 11.5 Å². The Bertz CT molecular complexity index is 966. The van der Waals surface area contributed by atoms with Gasteiger partial charge in [-0.25, -0.2) is 5.43 Å². The van der Waals surface area contributed by atoms with Crippen LogP contribution in [0, 0.1) is 19.3 Å². The fourth-order valence-corrected chi connectivity index (χ4v) is 2.66. The first-order valence-corrected chi connectivity index (χ1v) is 9.51. The molecule has 0 aliphatic carbocycles. The van der Waals surface area contributed by atoms with Crippen molar-refractivity contribution in [1.82, 2.24) is 5.43 Å². The van der Waals surface area contributed by atoms with E-state index in [4.69, 9.17) is 27.5 Å². The summed E-state index contributed by atoms with van der Waals surface area (Å²) in [6.07, 6.45) is 6.23. The topological polar surface area (TPSA) is 89.0 Å². The molecular weight excluding hydrogens is 406 g/mol. The van der Waals surface area contributed by atoms with Crippen LogP contribution in [0.5, 0.6) is 11.5 Å². The first kappa shape index (κ1) is 22.8. The van der Waals surface area contributed by atoms with Crippen molar-refractivity contribution in [2.24, 2.45) is 5.10 Å². The van der Waals surface area contributed by atoms with Crippen LogP contribution in [0.25, 0.3) is 0 Å². The molecule has 8 heteroatoms. The molecule has 2 aromatic carbocycles. The van der Waals surface area contributed by atoms with E-state index in [1.54, 1.807) is 24.3 Å². The van der Waals surface area contributed by atoms with Gasteiger partial charge in [0.25, 0.3) is 0 Å². The maximum atomic E-state index is 11.9. The number of hydrogen-bond acceptors (Lipinski definition) is 5. The summed E-state index contributed by atoms with van der Waals surface area (Å²) in [5.41, 5.74) is 4.57. The summed E-state index contributed by atoms with van der Waals surface area (Å²) in [5.74, 6) is 2.11. The zero-order valence-corrected chi connectivity index (χ0v) is 17.5. The van der Waals surface area contributed by atoms with Gasteiger partial charge in [-0.3, -0.25) is 9.59 Å². The highest BCUT2D eigenvalue weighted by atomic mass is 35.5. The second kappa shape index (κ2) is 11.5. The van der Waals surface area contributed by atoms with E-state index >= 15 is 0 Å². The summed E-state index contributed by atoms with van der Waals surface area (Å²) >= 11 is 6.23. The third-order valence-electron chi connectivity index (χ3n) is 3.69. The summed E-state index contributed by atoms with van der Waals surface area (Å²) in [6, 6.07) is 10.5. The van der Waals surface area contributed by atoms with Crippen molar-refractivity contribution in [3.8, 4) is 23.8 Å². The molecule has 0 bridgehead atoms. The van der Waals surface area contributed by atoms with Crippen molar-refractivity contribution in [3.63, 3.8) is 0 Å². The monoisotopic (exact) mass is 427 g/mol. The second-order valence-electron chi connectivity index (χ2n) is 6.14. The van der Waals surface area contributed by atoms with Crippen LogP contribution < -0.4 is 20.2 Å². The Morgan fingerprint density at radius 2 is 1.93 bits per heavy atom. The van der Waals surface area contributed by atoms with Gasteiger partial charge in [0, 0.05) is 5.69 Å². The van der Waals surface area contributed by atoms with Crippen LogP contribution in [0.4, 0.5) is 5.69 Å². The average molecular weight is 428 g/mol. The summed E-state index contributed by atoms with van der Waals surface area (Å²) < 4.78 is 10.9. The molecule has 2 rings (SSSR count). The molecule has 2 amide bonds. The van der Waals surface area contributed by atoms with Gasteiger partial charge in [-0.15, -0.1) is 6.42 Å². The van der Waals surface area contributed by atoms with E-state index in [2.05, 4.69) is 21.8 Å². The van der Waals surface area contributed by atoms with Gasteiger partial charge in [-0.2, -0.15) is 5.10 Å². The lowest BCUT2D eigenvalue weighted by Crippen LogP contribution is -2.24. The number of ether oxygens (including phenoxy) is 2. The maximum Gasteiger partial charge on any atom is 0.249 e. The maximum absolute atomic E-state index is 11.9. The largest absolute Gasteiger partial charge is 0.490 e. The van der Waals surface area contributed by atoms with Gasteiger partial charge in [0.1, 0.15) is 13.0 Å². The van der Waals surface area contributed by atoms with Crippen LogP contribution in [0.2, 0.25) is 5.02 Å². The van der Waals surface area contributed by atoms with Crippen LogP contribution >= 0.6 is 11.6 Å². The van der Waals surface area contributed by atoms with Gasteiger partial charge in [-0.1, -0.05) is 35.2 Å². The van der Waals surface area contributed by atoms with Crippen molar-refractivity contribution in [2.45, 2.75) is 20.3 Å². The molecule has 0 aromatic heterocycles. The molecule has 0 atom stereocenters. The van der Waals surface area contributed by atoms with Crippen LogP contribution in [-0.4, -0.2) is 31.2 Å². The van der Waals surface area contributed by atoms with E-state index in [9.17, 15) is 9.59 Å². The van der Waals surface area contributed by atoms with Crippen LogP contribution in [0.1, 0.15) is 24.5 Å². The first-order valence-electron chi connectivity index (χ1n) is 9.14. The van der Waals surface area contributed by atoms with E-state index in [1.165, 1.54) is 6.21 Å². The average Bonchev–Trinajstić information content (AvgIpc) is 2.69. The predicted molar refractivity (Wildman–Crippen MR) is 117 cm³/mol. The SMILES string of the molecule is C#CCOc1c(Cl)cc(C=NNC(=O)CC(=O)Nc2ccc(C)cc2)cc1OCC. The number of hydrogen-bond donors (Lipinski definition) is 2. The van der Waals surface area contributed by atoms with Gasteiger partial charge in [0.2, 0.25) is 11.8 Å². The van der Waals surface area contributed by atoms with Crippen molar-refractivity contribution < 1.29 is 19.1 Å².